The van der Waals surface area contributed by atoms with Crippen LogP contribution in [0.2, 0.25) is 0 Å². The number of hydrogen-bond donors (Lipinski definition) is 2. The summed E-state index contributed by atoms with van der Waals surface area (Å²) in [4.78, 5) is 15.3. The minimum atomic E-state index is -0.706. The third kappa shape index (κ3) is 5.22. The van der Waals surface area contributed by atoms with Gasteiger partial charge in [-0.1, -0.05) is 18.2 Å². The van der Waals surface area contributed by atoms with E-state index in [9.17, 15) is 4.79 Å². The Morgan fingerprint density at radius 3 is 2.20 bits per heavy atom. The van der Waals surface area contributed by atoms with Gasteiger partial charge in [0.2, 0.25) is 0 Å². The molecule has 1 heterocycles. The zero-order chi connectivity index (χ0) is 17.5. The summed E-state index contributed by atoms with van der Waals surface area (Å²) in [5.41, 5.74) is 3.41. The molecule has 1 aliphatic heterocycles. The Hall–Kier alpha value is -2.53. The summed E-state index contributed by atoms with van der Waals surface area (Å²) in [6.07, 6.45) is 0.991. The van der Waals surface area contributed by atoms with Gasteiger partial charge in [-0.05, 0) is 49.4 Å². The molecule has 0 saturated carbocycles. The van der Waals surface area contributed by atoms with Crippen molar-refractivity contribution < 1.29 is 9.90 Å². The van der Waals surface area contributed by atoms with Crippen LogP contribution in [-0.4, -0.2) is 48.7 Å². The van der Waals surface area contributed by atoms with Crippen LogP contribution in [-0.2, 0) is 4.79 Å². The maximum Gasteiger partial charge on any atom is 0.303 e. The predicted molar refractivity (Wildman–Crippen MR) is 102 cm³/mol. The maximum atomic E-state index is 10.6. The van der Waals surface area contributed by atoms with Crippen molar-refractivity contribution in [1.29, 1.82) is 0 Å². The highest BCUT2D eigenvalue weighted by molar-refractivity contribution is 5.66. The van der Waals surface area contributed by atoms with Crippen LogP contribution < -0.4 is 10.2 Å². The van der Waals surface area contributed by atoms with Gasteiger partial charge in [0.25, 0.3) is 0 Å². The van der Waals surface area contributed by atoms with Crippen LogP contribution in [0.25, 0.3) is 0 Å². The molecule has 0 unspecified atom stereocenters. The van der Waals surface area contributed by atoms with Gasteiger partial charge in [-0.2, -0.15) is 0 Å². The quantitative estimate of drug-likeness (QED) is 0.809. The number of rotatable bonds is 7. The van der Waals surface area contributed by atoms with Crippen molar-refractivity contribution >= 4 is 23.0 Å². The van der Waals surface area contributed by atoms with Crippen molar-refractivity contribution in [2.24, 2.45) is 0 Å². The second-order valence-electron chi connectivity index (χ2n) is 6.36. The first-order chi connectivity index (χ1) is 12.2. The number of nitrogens with zero attached hydrogens (tertiary/aromatic N) is 2. The van der Waals surface area contributed by atoms with Crippen molar-refractivity contribution in [2.75, 3.05) is 42.9 Å². The Labute approximate surface area is 148 Å². The Morgan fingerprint density at radius 2 is 1.56 bits per heavy atom. The van der Waals surface area contributed by atoms with E-state index in [1.807, 2.05) is 18.2 Å². The van der Waals surface area contributed by atoms with Crippen LogP contribution in [0.15, 0.2) is 54.6 Å². The molecule has 2 N–H and O–H groups in total. The number of para-hydroxylation sites is 1. The highest BCUT2D eigenvalue weighted by atomic mass is 16.4. The van der Waals surface area contributed by atoms with Gasteiger partial charge in [0.1, 0.15) is 0 Å². The SMILES string of the molecule is O=C(O)CCCN1CCN(c2ccc(Nc3ccccc3)cc2)CC1. The second-order valence-corrected chi connectivity index (χ2v) is 6.36. The molecule has 5 heteroatoms. The molecule has 0 radical (unpaired) electrons. The van der Waals surface area contributed by atoms with Crippen molar-refractivity contribution in [1.82, 2.24) is 4.90 Å². The van der Waals surface area contributed by atoms with E-state index in [4.69, 9.17) is 5.11 Å². The molecule has 0 atom stereocenters. The Kier molecular flexibility index (Phi) is 5.90. The third-order valence-corrected chi connectivity index (χ3v) is 4.53. The first-order valence-electron chi connectivity index (χ1n) is 8.82. The summed E-state index contributed by atoms with van der Waals surface area (Å²) in [7, 11) is 0. The van der Waals surface area contributed by atoms with Gasteiger partial charge < -0.3 is 15.3 Å². The third-order valence-electron chi connectivity index (χ3n) is 4.53. The molecule has 1 aliphatic rings. The normalized spacial score (nSPS) is 15.1. The van der Waals surface area contributed by atoms with E-state index < -0.39 is 5.97 Å². The summed E-state index contributed by atoms with van der Waals surface area (Å²) in [5.74, 6) is -0.706. The zero-order valence-corrected chi connectivity index (χ0v) is 14.4. The Morgan fingerprint density at radius 1 is 0.920 bits per heavy atom. The number of carboxylic acids is 1. The number of carboxylic acid groups (broad SMARTS) is 1. The number of anilines is 3. The van der Waals surface area contributed by atoms with E-state index >= 15 is 0 Å². The van der Waals surface area contributed by atoms with Gasteiger partial charge in [0.05, 0.1) is 0 Å². The molecule has 0 spiro atoms. The molecule has 3 rings (SSSR count). The minimum Gasteiger partial charge on any atom is -0.481 e. The van der Waals surface area contributed by atoms with Crippen LogP contribution in [0.4, 0.5) is 17.1 Å². The fourth-order valence-electron chi connectivity index (χ4n) is 3.13. The average Bonchev–Trinajstić information content (AvgIpc) is 2.64. The molecular formula is C20H25N3O2. The monoisotopic (exact) mass is 339 g/mol. The lowest BCUT2D eigenvalue weighted by molar-refractivity contribution is -0.137. The lowest BCUT2D eigenvalue weighted by Gasteiger charge is -2.36. The summed E-state index contributed by atoms with van der Waals surface area (Å²) in [6.45, 7) is 4.82. The van der Waals surface area contributed by atoms with Gasteiger partial charge in [-0.15, -0.1) is 0 Å². The zero-order valence-electron chi connectivity index (χ0n) is 14.4. The molecule has 2 aromatic rings. The molecule has 1 fully saturated rings. The molecule has 2 aromatic carbocycles. The number of piperazine rings is 1. The van der Waals surface area contributed by atoms with Crippen LogP contribution >= 0.6 is 0 Å². The molecule has 132 valence electrons. The fourth-order valence-corrected chi connectivity index (χ4v) is 3.13. The number of hydrogen-bond acceptors (Lipinski definition) is 4. The Bertz CT molecular complexity index is 665. The average molecular weight is 339 g/mol. The van der Waals surface area contributed by atoms with E-state index in [1.165, 1.54) is 5.69 Å². The fraction of sp³-hybridized carbons (Fsp3) is 0.350. The number of aliphatic carboxylic acids is 1. The predicted octanol–water partition coefficient (Wildman–Crippen LogP) is 3.42. The molecule has 5 nitrogen and oxygen atoms in total. The van der Waals surface area contributed by atoms with Gasteiger partial charge in [-0.3, -0.25) is 9.69 Å². The van der Waals surface area contributed by atoms with Crippen LogP contribution in [0.1, 0.15) is 12.8 Å². The van der Waals surface area contributed by atoms with Gasteiger partial charge in [0.15, 0.2) is 0 Å². The van der Waals surface area contributed by atoms with Gasteiger partial charge in [0, 0.05) is 49.7 Å². The maximum absolute atomic E-state index is 10.6. The van der Waals surface area contributed by atoms with Crippen molar-refractivity contribution in [3.63, 3.8) is 0 Å². The van der Waals surface area contributed by atoms with E-state index in [0.29, 0.717) is 0 Å². The van der Waals surface area contributed by atoms with E-state index in [0.717, 1.165) is 50.5 Å². The van der Waals surface area contributed by atoms with Crippen LogP contribution in [0.3, 0.4) is 0 Å². The minimum absolute atomic E-state index is 0.260. The number of carbonyl (C=O) groups is 1. The van der Waals surface area contributed by atoms with Crippen molar-refractivity contribution in [2.45, 2.75) is 12.8 Å². The van der Waals surface area contributed by atoms with Crippen molar-refractivity contribution in [3.05, 3.63) is 54.6 Å². The largest absolute Gasteiger partial charge is 0.481 e. The Balaban J connectivity index is 1.48. The molecule has 0 aliphatic carbocycles. The molecule has 0 aromatic heterocycles. The smallest absolute Gasteiger partial charge is 0.303 e. The lowest BCUT2D eigenvalue weighted by atomic mass is 10.2. The van der Waals surface area contributed by atoms with Crippen LogP contribution in [0, 0.1) is 0 Å². The van der Waals surface area contributed by atoms with E-state index in [1.54, 1.807) is 0 Å². The summed E-state index contributed by atoms with van der Waals surface area (Å²) in [6, 6.07) is 18.7. The molecule has 1 saturated heterocycles. The molecule has 25 heavy (non-hydrogen) atoms. The van der Waals surface area contributed by atoms with Crippen LogP contribution in [0.5, 0.6) is 0 Å². The lowest BCUT2D eigenvalue weighted by Crippen LogP contribution is -2.46. The van der Waals surface area contributed by atoms with E-state index in [-0.39, 0.29) is 6.42 Å². The standard InChI is InChI=1S/C20H25N3O2/c24-20(25)7-4-12-22-13-15-23(16-14-22)19-10-8-18(9-11-19)21-17-5-2-1-3-6-17/h1-3,5-6,8-11,21H,4,7,12-16H2,(H,24,25). The summed E-state index contributed by atoms with van der Waals surface area (Å²) >= 11 is 0. The van der Waals surface area contributed by atoms with Gasteiger partial charge in [-0.25, -0.2) is 0 Å². The second kappa shape index (κ2) is 8.53. The highest BCUT2D eigenvalue weighted by Crippen LogP contribution is 2.22. The van der Waals surface area contributed by atoms with Crippen molar-refractivity contribution in [3.8, 4) is 0 Å². The van der Waals surface area contributed by atoms with E-state index in [2.05, 4.69) is 51.5 Å². The topological polar surface area (TPSA) is 55.8 Å². The number of benzene rings is 2. The summed E-state index contributed by atoms with van der Waals surface area (Å²) < 4.78 is 0. The summed E-state index contributed by atoms with van der Waals surface area (Å²) in [5, 5.41) is 12.1. The molecular weight excluding hydrogens is 314 g/mol. The van der Waals surface area contributed by atoms with Gasteiger partial charge >= 0.3 is 5.97 Å². The molecule has 0 bridgehead atoms. The first kappa shape index (κ1) is 17.3. The molecule has 0 amide bonds. The number of nitrogens with one attached hydrogen (secondary N) is 1. The first-order valence-corrected chi connectivity index (χ1v) is 8.82. The highest BCUT2D eigenvalue weighted by Gasteiger charge is 2.17.